The molecule has 5 nitrogen and oxygen atoms in total. The van der Waals surface area contributed by atoms with Gasteiger partial charge >= 0.3 is 6.03 Å². The molecule has 3 rings (SSSR count). The summed E-state index contributed by atoms with van der Waals surface area (Å²) in [6.45, 7) is 6.53. The SMILES string of the molecule is CCCC1CCCN(C(=O)NCc2cn3ccc(C)cc3n2)CC1. The van der Waals surface area contributed by atoms with Crippen molar-refractivity contribution < 1.29 is 4.79 Å². The van der Waals surface area contributed by atoms with Crippen LogP contribution in [0.25, 0.3) is 5.65 Å². The fourth-order valence-electron chi connectivity index (χ4n) is 3.56. The highest BCUT2D eigenvalue weighted by Gasteiger charge is 2.20. The molecule has 1 aliphatic heterocycles. The summed E-state index contributed by atoms with van der Waals surface area (Å²) in [6.07, 6.45) is 10.0. The van der Waals surface area contributed by atoms with Crippen LogP contribution in [0.2, 0.25) is 0 Å². The molecular weight excluding hydrogens is 300 g/mol. The third-order valence-corrected chi connectivity index (χ3v) is 4.92. The first-order chi connectivity index (χ1) is 11.7. The number of pyridine rings is 1. The highest BCUT2D eigenvalue weighted by molar-refractivity contribution is 5.74. The van der Waals surface area contributed by atoms with E-state index in [1.807, 2.05) is 27.8 Å². The average Bonchev–Trinajstić information content (AvgIpc) is 2.82. The average molecular weight is 328 g/mol. The van der Waals surface area contributed by atoms with Gasteiger partial charge in [0.1, 0.15) is 5.65 Å². The van der Waals surface area contributed by atoms with Crippen LogP contribution in [-0.2, 0) is 6.54 Å². The van der Waals surface area contributed by atoms with Gasteiger partial charge in [0.05, 0.1) is 12.2 Å². The molecule has 2 aromatic rings. The second-order valence-electron chi connectivity index (χ2n) is 6.93. The van der Waals surface area contributed by atoms with Gasteiger partial charge in [0.2, 0.25) is 0 Å². The number of hydrogen-bond donors (Lipinski definition) is 1. The molecule has 1 aliphatic rings. The fourth-order valence-corrected chi connectivity index (χ4v) is 3.56. The van der Waals surface area contributed by atoms with E-state index in [1.165, 1.54) is 24.8 Å². The quantitative estimate of drug-likeness (QED) is 0.929. The number of nitrogens with zero attached hydrogens (tertiary/aromatic N) is 3. The van der Waals surface area contributed by atoms with Crippen LogP contribution in [0.4, 0.5) is 4.79 Å². The topological polar surface area (TPSA) is 49.6 Å². The minimum Gasteiger partial charge on any atom is -0.332 e. The van der Waals surface area contributed by atoms with Crippen molar-refractivity contribution in [3.05, 3.63) is 35.8 Å². The number of nitrogens with one attached hydrogen (secondary N) is 1. The van der Waals surface area contributed by atoms with Crippen molar-refractivity contribution in [2.75, 3.05) is 13.1 Å². The molecule has 1 atom stereocenters. The van der Waals surface area contributed by atoms with Gasteiger partial charge in [0, 0.05) is 25.5 Å². The Kier molecular flexibility index (Phi) is 5.38. The molecule has 0 radical (unpaired) electrons. The second-order valence-corrected chi connectivity index (χ2v) is 6.93. The third kappa shape index (κ3) is 4.08. The van der Waals surface area contributed by atoms with Crippen molar-refractivity contribution in [2.45, 2.75) is 52.5 Å². The molecule has 0 aromatic carbocycles. The smallest absolute Gasteiger partial charge is 0.317 e. The molecule has 24 heavy (non-hydrogen) atoms. The van der Waals surface area contributed by atoms with Crippen molar-refractivity contribution in [1.82, 2.24) is 19.6 Å². The first-order valence-corrected chi connectivity index (χ1v) is 9.12. The molecule has 5 heteroatoms. The number of likely N-dealkylation sites (tertiary alicyclic amines) is 1. The number of aryl methyl sites for hydroxylation is 1. The Morgan fingerprint density at radius 1 is 1.38 bits per heavy atom. The van der Waals surface area contributed by atoms with Crippen molar-refractivity contribution in [3.63, 3.8) is 0 Å². The van der Waals surface area contributed by atoms with E-state index < -0.39 is 0 Å². The zero-order valence-electron chi connectivity index (χ0n) is 14.8. The summed E-state index contributed by atoms with van der Waals surface area (Å²) in [7, 11) is 0. The van der Waals surface area contributed by atoms with Crippen LogP contribution < -0.4 is 5.32 Å². The van der Waals surface area contributed by atoms with Gasteiger partial charge in [-0.1, -0.05) is 19.8 Å². The zero-order valence-corrected chi connectivity index (χ0v) is 14.8. The molecule has 130 valence electrons. The van der Waals surface area contributed by atoms with Crippen molar-refractivity contribution in [3.8, 4) is 0 Å². The van der Waals surface area contributed by atoms with Crippen LogP contribution in [0.15, 0.2) is 24.5 Å². The summed E-state index contributed by atoms with van der Waals surface area (Å²) in [4.78, 5) is 19.0. The number of rotatable bonds is 4. The Morgan fingerprint density at radius 3 is 3.08 bits per heavy atom. The van der Waals surface area contributed by atoms with Gasteiger partial charge in [-0.25, -0.2) is 9.78 Å². The number of carbonyl (C=O) groups excluding carboxylic acids is 1. The Balaban J connectivity index is 1.54. The number of carbonyl (C=O) groups is 1. The molecule has 0 saturated carbocycles. The van der Waals surface area contributed by atoms with Gasteiger partial charge in [-0.15, -0.1) is 0 Å². The van der Waals surface area contributed by atoms with E-state index >= 15 is 0 Å². The molecule has 0 spiro atoms. The van der Waals surface area contributed by atoms with Gasteiger partial charge in [0.25, 0.3) is 0 Å². The molecule has 0 aliphatic carbocycles. The summed E-state index contributed by atoms with van der Waals surface area (Å²) < 4.78 is 2.00. The van der Waals surface area contributed by atoms with E-state index in [0.29, 0.717) is 6.54 Å². The summed E-state index contributed by atoms with van der Waals surface area (Å²) in [6, 6.07) is 4.15. The zero-order chi connectivity index (χ0) is 16.9. The van der Waals surface area contributed by atoms with Gasteiger partial charge in [0.15, 0.2) is 0 Å². The van der Waals surface area contributed by atoms with Crippen molar-refractivity contribution >= 4 is 11.7 Å². The van der Waals surface area contributed by atoms with Crippen LogP contribution in [0.3, 0.4) is 0 Å². The molecule has 1 unspecified atom stereocenters. The molecule has 1 N–H and O–H groups in total. The number of urea groups is 1. The van der Waals surface area contributed by atoms with E-state index in [2.05, 4.69) is 30.2 Å². The third-order valence-electron chi connectivity index (χ3n) is 4.92. The molecule has 1 fully saturated rings. The molecule has 2 aromatic heterocycles. The normalized spacial score (nSPS) is 18.6. The van der Waals surface area contributed by atoms with Crippen molar-refractivity contribution in [2.24, 2.45) is 5.92 Å². The minimum absolute atomic E-state index is 0.0420. The van der Waals surface area contributed by atoms with Crippen LogP contribution >= 0.6 is 0 Å². The predicted molar refractivity (Wildman–Crippen MR) is 96.0 cm³/mol. The van der Waals surface area contributed by atoms with E-state index in [-0.39, 0.29) is 6.03 Å². The van der Waals surface area contributed by atoms with Crippen LogP contribution in [-0.4, -0.2) is 33.4 Å². The van der Waals surface area contributed by atoms with E-state index in [9.17, 15) is 4.79 Å². The van der Waals surface area contributed by atoms with Gasteiger partial charge in [-0.2, -0.15) is 0 Å². The lowest BCUT2D eigenvalue weighted by Crippen LogP contribution is -2.40. The lowest BCUT2D eigenvalue weighted by Gasteiger charge is -2.20. The first-order valence-electron chi connectivity index (χ1n) is 9.12. The fraction of sp³-hybridized carbons (Fsp3) is 0.579. The van der Waals surface area contributed by atoms with E-state index in [1.54, 1.807) is 0 Å². The van der Waals surface area contributed by atoms with E-state index in [0.717, 1.165) is 43.2 Å². The van der Waals surface area contributed by atoms with E-state index in [4.69, 9.17) is 0 Å². The maximum atomic E-state index is 12.4. The van der Waals surface area contributed by atoms with Gasteiger partial charge < -0.3 is 14.6 Å². The summed E-state index contributed by atoms with van der Waals surface area (Å²) >= 11 is 0. The minimum atomic E-state index is 0.0420. The highest BCUT2D eigenvalue weighted by atomic mass is 16.2. The number of aromatic nitrogens is 2. The monoisotopic (exact) mass is 328 g/mol. The maximum absolute atomic E-state index is 12.4. The molecular formula is C19H28N4O. The Hall–Kier alpha value is -2.04. The first kappa shape index (κ1) is 16.8. The summed E-state index contributed by atoms with van der Waals surface area (Å²) in [5.74, 6) is 0.787. The predicted octanol–water partition coefficient (Wildman–Crippen LogP) is 3.75. The largest absolute Gasteiger partial charge is 0.332 e. The lowest BCUT2D eigenvalue weighted by atomic mass is 9.96. The summed E-state index contributed by atoms with van der Waals surface area (Å²) in [5, 5.41) is 3.03. The molecule has 1 saturated heterocycles. The maximum Gasteiger partial charge on any atom is 0.317 e. The Labute approximate surface area is 144 Å². The Morgan fingerprint density at radius 2 is 2.25 bits per heavy atom. The van der Waals surface area contributed by atoms with Crippen LogP contribution in [0, 0.1) is 12.8 Å². The molecule has 0 bridgehead atoms. The lowest BCUT2D eigenvalue weighted by molar-refractivity contribution is 0.198. The molecule has 2 amide bonds. The van der Waals surface area contributed by atoms with Crippen LogP contribution in [0.5, 0.6) is 0 Å². The van der Waals surface area contributed by atoms with Crippen molar-refractivity contribution in [1.29, 1.82) is 0 Å². The Bertz CT molecular complexity index is 694. The second kappa shape index (κ2) is 7.69. The molecule has 3 heterocycles. The number of fused-ring (bicyclic) bond motifs is 1. The number of amides is 2. The van der Waals surface area contributed by atoms with Gasteiger partial charge in [-0.05, 0) is 49.8 Å². The van der Waals surface area contributed by atoms with Gasteiger partial charge in [-0.3, -0.25) is 0 Å². The highest BCUT2D eigenvalue weighted by Crippen LogP contribution is 2.21. The number of imidazole rings is 1. The standard InChI is InChI=1S/C19H28N4O/c1-3-5-16-6-4-9-22(11-8-16)19(24)20-13-17-14-23-10-7-15(2)12-18(23)21-17/h7,10,12,14,16H,3-6,8-9,11,13H2,1-2H3,(H,20,24). The summed E-state index contributed by atoms with van der Waals surface area (Å²) in [5.41, 5.74) is 3.01. The van der Waals surface area contributed by atoms with Crippen LogP contribution in [0.1, 0.15) is 50.3 Å². The number of hydrogen-bond acceptors (Lipinski definition) is 2.